The lowest BCUT2D eigenvalue weighted by atomic mass is 10.0. The zero-order chi connectivity index (χ0) is 18.1. The van der Waals surface area contributed by atoms with Gasteiger partial charge in [0.1, 0.15) is 5.71 Å². The first kappa shape index (κ1) is 17.7. The summed E-state index contributed by atoms with van der Waals surface area (Å²) in [5.41, 5.74) is 3.27. The van der Waals surface area contributed by atoms with Crippen LogP contribution in [0.1, 0.15) is 25.3 Å². The maximum atomic E-state index is 13.2. The molecule has 26 heavy (non-hydrogen) atoms. The molecule has 0 aromatic heterocycles. The highest BCUT2D eigenvalue weighted by Gasteiger charge is 2.35. The fourth-order valence-corrected chi connectivity index (χ4v) is 4.13. The van der Waals surface area contributed by atoms with Gasteiger partial charge in [0.05, 0.1) is 18.0 Å². The van der Waals surface area contributed by atoms with Crippen LogP contribution in [0.2, 0.25) is 0 Å². The Morgan fingerprint density at radius 3 is 2.69 bits per heavy atom. The van der Waals surface area contributed by atoms with Crippen molar-refractivity contribution in [2.75, 3.05) is 24.7 Å². The lowest BCUT2D eigenvalue weighted by Crippen LogP contribution is -2.45. The van der Waals surface area contributed by atoms with Crippen LogP contribution < -0.4 is 4.90 Å². The number of hydrogen-bond acceptors (Lipinski definition) is 3. The van der Waals surface area contributed by atoms with Gasteiger partial charge in [-0.15, -0.1) is 0 Å². The summed E-state index contributed by atoms with van der Waals surface area (Å²) < 4.78 is 1.16. The Labute approximate surface area is 168 Å². The maximum absolute atomic E-state index is 13.2. The number of carbonyl (C=O) groups excluding carboxylic acids is 1. The van der Waals surface area contributed by atoms with E-state index in [9.17, 15) is 4.79 Å². The molecule has 0 aliphatic carbocycles. The highest BCUT2D eigenvalue weighted by Crippen LogP contribution is 2.31. The van der Waals surface area contributed by atoms with Crippen molar-refractivity contribution < 1.29 is 4.79 Å². The van der Waals surface area contributed by atoms with Crippen LogP contribution in [0.15, 0.2) is 53.5 Å². The average Bonchev–Trinajstić information content (AvgIpc) is 2.90. The van der Waals surface area contributed by atoms with Crippen LogP contribution in [0.5, 0.6) is 0 Å². The number of carbonyl (C=O) groups is 1. The number of amides is 1. The highest BCUT2D eigenvalue weighted by atomic mass is 127. The van der Waals surface area contributed by atoms with Crippen molar-refractivity contribution in [3.8, 4) is 0 Å². The summed E-state index contributed by atoms with van der Waals surface area (Å²) in [4.78, 5) is 22.1. The second-order valence-electron chi connectivity index (χ2n) is 7.15. The summed E-state index contributed by atoms with van der Waals surface area (Å²) in [6.07, 6.45) is 2.48. The number of benzene rings is 2. The van der Waals surface area contributed by atoms with E-state index in [-0.39, 0.29) is 5.91 Å². The number of anilines is 1. The van der Waals surface area contributed by atoms with Gasteiger partial charge in [-0.1, -0.05) is 25.1 Å². The quantitative estimate of drug-likeness (QED) is 0.637. The van der Waals surface area contributed by atoms with Gasteiger partial charge in [0.15, 0.2) is 0 Å². The van der Waals surface area contributed by atoms with Gasteiger partial charge in [-0.3, -0.25) is 14.6 Å². The number of aliphatic imine (C=N–C) groups is 1. The zero-order valence-electron chi connectivity index (χ0n) is 14.9. The molecule has 1 fully saturated rings. The highest BCUT2D eigenvalue weighted by molar-refractivity contribution is 14.1. The Morgan fingerprint density at radius 2 is 1.92 bits per heavy atom. The van der Waals surface area contributed by atoms with E-state index >= 15 is 0 Å². The van der Waals surface area contributed by atoms with Gasteiger partial charge in [0, 0.05) is 15.7 Å². The minimum atomic E-state index is 0.00276. The lowest BCUT2D eigenvalue weighted by molar-refractivity contribution is -0.112. The van der Waals surface area contributed by atoms with Gasteiger partial charge in [-0.05, 0) is 78.2 Å². The van der Waals surface area contributed by atoms with Gasteiger partial charge in [0.25, 0.3) is 5.91 Å². The molecule has 0 radical (unpaired) electrons. The van der Waals surface area contributed by atoms with Crippen LogP contribution in [-0.4, -0.2) is 36.3 Å². The van der Waals surface area contributed by atoms with E-state index in [0.717, 1.165) is 33.6 Å². The zero-order valence-corrected chi connectivity index (χ0v) is 17.0. The Balaban J connectivity index is 1.65. The molecule has 2 heterocycles. The fraction of sp³-hybridized carbons (Fsp3) is 0.333. The molecule has 1 atom stereocenters. The Kier molecular flexibility index (Phi) is 5.09. The Morgan fingerprint density at radius 1 is 1.15 bits per heavy atom. The van der Waals surface area contributed by atoms with Crippen molar-refractivity contribution in [2.45, 2.75) is 19.8 Å². The molecule has 2 aliphatic rings. The number of fused-ring (bicyclic) bond motifs is 1. The molecule has 0 saturated carbocycles. The standard InChI is InChI=1S/C21H22IN3O/c1-15-5-4-12-24(13-15)14-25-19-7-3-2-6-18(19)20(21(25)26)23-17-10-8-16(22)9-11-17/h2-3,6-11,15H,4-5,12-14H2,1H3/t15-/m1/s1. The van der Waals surface area contributed by atoms with E-state index < -0.39 is 0 Å². The third kappa shape index (κ3) is 3.55. The van der Waals surface area contributed by atoms with Crippen LogP contribution in [0.4, 0.5) is 11.4 Å². The summed E-state index contributed by atoms with van der Waals surface area (Å²) in [7, 11) is 0. The van der Waals surface area contributed by atoms with Crippen LogP contribution in [-0.2, 0) is 4.79 Å². The van der Waals surface area contributed by atoms with Crippen molar-refractivity contribution in [1.29, 1.82) is 0 Å². The average molecular weight is 459 g/mol. The number of likely N-dealkylation sites (tertiary alicyclic amines) is 1. The molecule has 2 aliphatic heterocycles. The number of halogens is 1. The van der Waals surface area contributed by atoms with Crippen molar-refractivity contribution in [3.63, 3.8) is 0 Å². The topological polar surface area (TPSA) is 35.9 Å². The minimum Gasteiger partial charge on any atom is -0.293 e. The van der Waals surface area contributed by atoms with Crippen LogP contribution in [0.3, 0.4) is 0 Å². The van der Waals surface area contributed by atoms with Crippen molar-refractivity contribution >= 4 is 45.6 Å². The van der Waals surface area contributed by atoms with Gasteiger partial charge in [0.2, 0.25) is 0 Å². The maximum Gasteiger partial charge on any atom is 0.278 e. The molecule has 2 aromatic carbocycles. The summed E-state index contributed by atoms with van der Waals surface area (Å²) >= 11 is 2.27. The van der Waals surface area contributed by atoms with Gasteiger partial charge in [-0.25, -0.2) is 4.99 Å². The van der Waals surface area contributed by atoms with Crippen molar-refractivity contribution in [2.24, 2.45) is 10.9 Å². The smallest absolute Gasteiger partial charge is 0.278 e. The number of rotatable bonds is 3. The molecule has 2 aromatic rings. The molecule has 134 valence electrons. The summed E-state index contributed by atoms with van der Waals surface area (Å²) in [6.45, 7) is 5.04. The molecule has 0 spiro atoms. The predicted molar refractivity (Wildman–Crippen MR) is 114 cm³/mol. The molecule has 0 unspecified atom stereocenters. The SMILES string of the molecule is C[C@@H]1CCCN(CN2C(=O)C(=Nc3ccc(I)cc3)c3ccccc32)C1. The molecular formula is C21H22IN3O. The summed E-state index contributed by atoms with van der Waals surface area (Å²) in [6, 6.07) is 15.9. The first-order valence-electron chi connectivity index (χ1n) is 9.10. The van der Waals surface area contributed by atoms with Gasteiger partial charge < -0.3 is 0 Å². The molecule has 1 saturated heterocycles. The first-order chi connectivity index (χ1) is 12.6. The van der Waals surface area contributed by atoms with Crippen LogP contribution in [0, 0.1) is 9.49 Å². The Hall–Kier alpha value is -1.73. The first-order valence-corrected chi connectivity index (χ1v) is 10.2. The molecule has 4 nitrogen and oxygen atoms in total. The third-order valence-corrected chi connectivity index (χ3v) is 5.77. The van der Waals surface area contributed by atoms with Crippen molar-refractivity contribution in [3.05, 3.63) is 57.7 Å². The molecule has 5 heteroatoms. The number of piperidine rings is 1. The van der Waals surface area contributed by atoms with Gasteiger partial charge in [-0.2, -0.15) is 0 Å². The summed E-state index contributed by atoms with van der Waals surface area (Å²) in [5, 5.41) is 0. The van der Waals surface area contributed by atoms with E-state index in [0.29, 0.717) is 18.3 Å². The molecular weight excluding hydrogens is 437 g/mol. The number of nitrogens with zero attached hydrogens (tertiary/aromatic N) is 3. The minimum absolute atomic E-state index is 0.00276. The molecule has 4 rings (SSSR count). The van der Waals surface area contributed by atoms with E-state index in [2.05, 4.69) is 39.4 Å². The monoisotopic (exact) mass is 459 g/mol. The van der Waals surface area contributed by atoms with Crippen LogP contribution >= 0.6 is 22.6 Å². The largest absolute Gasteiger partial charge is 0.293 e. The van der Waals surface area contributed by atoms with Gasteiger partial charge >= 0.3 is 0 Å². The number of hydrogen-bond donors (Lipinski definition) is 0. The number of para-hydroxylation sites is 1. The predicted octanol–water partition coefficient (Wildman–Crippen LogP) is 4.45. The third-order valence-electron chi connectivity index (χ3n) is 5.05. The fourth-order valence-electron chi connectivity index (χ4n) is 3.77. The second kappa shape index (κ2) is 7.48. The lowest BCUT2D eigenvalue weighted by Gasteiger charge is -2.33. The molecule has 0 bridgehead atoms. The van der Waals surface area contributed by atoms with E-state index in [1.165, 1.54) is 12.8 Å². The molecule has 0 N–H and O–H groups in total. The normalized spacial score (nSPS) is 22.1. The van der Waals surface area contributed by atoms with Crippen molar-refractivity contribution in [1.82, 2.24) is 4.90 Å². The Bertz CT molecular complexity index is 847. The summed E-state index contributed by atoms with van der Waals surface area (Å²) in [5.74, 6) is 0.694. The van der Waals surface area contributed by atoms with E-state index in [1.807, 2.05) is 53.4 Å². The van der Waals surface area contributed by atoms with E-state index in [1.54, 1.807) is 0 Å². The van der Waals surface area contributed by atoms with Crippen LogP contribution in [0.25, 0.3) is 0 Å². The molecule has 1 amide bonds. The van der Waals surface area contributed by atoms with E-state index in [4.69, 9.17) is 0 Å². The second-order valence-corrected chi connectivity index (χ2v) is 8.40.